The molecule has 0 atom stereocenters. The Bertz CT molecular complexity index is 582. The fourth-order valence-corrected chi connectivity index (χ4v) is 3.54. The number of rotatable bonds is 6. The summed E-state index contributed by atoms with van der Waals surface area (Å²) in [6.07, 6.45) is 4.52. The van der Waals surface area contributed by atoms with E-state index < -0.39 is 5.60 Å². The predicted molar refractivity (Wildman–Crippen MR) is 102 cm³/mol. The second-order valence-electron chi connectivity index (χ2n) is 8.59. The van der Waals surface area contributed by atoms with Gasteiger partial charge in [0, 0.05) is 13.1 Å². The lowest BCUT2D eigenvalue weighted by atomic mass is 9.82. The number of hydrogen-bond acceptors (Lipinski definition) is 4. The summed E-state index contributed by atoms with van der Waals surface area (Å²) in [6.45, 7) is 9.76. The number of amides is 1. The number of hydrogen-bond donors (Lipinski definition) is 1. The van der Waals surface area contributed by atoms with Crippen LogP contribution in [0.4, 0.5) is 4.79 Å². The van der Waals surface area contributed by atoms with Crippen molar-refractivity contribution >= 4 is 6.09 Å². The minimum atomic E-state index is -0.448. The molecule has 1 aliphatic carbocycles. The van der Waals surface area contributed by atoms with E-state index in [9.17, 15) is 4.79 Å². The maximum atomic E-state index is 11.7. The van der Waals surface area contributed by atoms with Gasteiger partial charge in [0.25, 0.3) is 0 Å². The van der Waals surface area contributed by atoms with Crippen molar-refractivity contribution in [3.8, 4) is 5.75 Å². The lowest BCUT2D eigenvalue weighted by Crippen LogP contribution is -2.42. The Morgan fingerprint density at radius 3 is 2.42 bits per heavy atom. The van der Waals surface area contributed by atoms with Gasteiger partial charge in [0.1, 0.15) is 11.4 Å². The van der Waals surface area contributed by atoms with Crippen LogP contribution in [0.25, 0.3) is 0 Å². The molecule has 5 nitrogen and oxygen atoms in total. The standard InChI is InChI=1S/C21H32N2O3/c1-21(2,3)26-20(24)22-14-17-12-19(13-17)25-18-8-6-16(7-9-18)15-23-10-4-5-11-23/h6-9,17,19H,4-5,10-15H2,1-3H3,(H,22,24). The quantitative estimate of drug-likeness (QED) is 0.834. The second-order valence-corrected chi connectivity index (χ2v) is 8.59. The molecule has 2 aliphatic rings. The van der Waals surface area contributed by atoms with Crippen molar-refractivity contribution in [2.24, 2.45) is 5.92 Å². The van der Waals surface area contributed by atoms with E-state index in [0.717, 1.165) is 25.1 Å². The summed E-state index contributed by atoms with van der Waals surface area (Å²) in [4.78, 5) is 14.2. The van der Waals surface area contributed by atoms with Gasteiger partial charge in [-0.25, -0.2) is 4.79 Å². The molecule has 1 aromatic rings. The molecule has 0 unspecified atom stereocenters. The highest BCUT2D eigenvalue weighted by Crippen LogP contribution is 2.31. The highest BCUT2D eigenvalue weighted by Gasteiger charge is 2.31. The molecule has 0 aromatic heterocycles. The van der Waals surface area contributed by atoms with E-state index in [1.165, 1.54) is 31.5 Å². The van der Waals surface area contributed by atoms with E-state index in [1.807, 2.05) is 20.8 Å². The van der Waals surface area contributed by atoms with Crippen LogP contribution in [0.15, 0.2) is 24.3 Å². The van der Waals surface area contributed by atoms with Crippen LogP contribution in [0, 0.1) is 5.92 Å². The van der Waals surface area contributed by atoms with Gasteiger partial charge >= 0.3 is 6.09 Å². The predicted octanol–water partition coefficient (Wildman–Crippen LogP) is 3.96. The maximum Gasteiger partial charge on any atom is 0.407 e. The van der Waals surface area contributed by atoms with Crippen LogP contribution < -0.4 is 10.1 Å². The Hall–Kier alpha value is -1.75. The normalized spacial score (nSPS) is 23.3. The molecule has 1 N–H and O–H groups in total. The van der Waals surface area contributed by atoms with Crippen molar-refractivity contribution in [1.82, 2.24) is 10.2 Å². The lowest BCUT2D eigenvalue weighted by Gasteiger charge is -2.35. The molecule has 0 spiro atoms. The smallest absolute Gasteiger partial charge is 0.407 e. The first-order valence-corrected chi connectivity index (χ1v) is 9.82. The number of nitrogens with zero attached hydrogens (tertiary/aromatic N) is 1. The van der Waals surface area contributed by atoms with Gasteiger partial charge in [0.05, 0.1) is 6.10 Å². The Balaban J connectivity index is 1.33. The lowest BCUT2D eigenvalue weighted by molar-refractivity contribution is 0.0415. The molecule has 1 aliphatic heterocycles. The first-order chi connectivity index (χ1) is 12.4. The Labute approximate surface area is 157 Å². The monoisotopic (exact) mass is 360 g/mol. The first kappa shape index (κ1) is 19.0. The van der Waals surface area contributed by atoms with E-state index in [1.54, 1.807) is 0 Å². The van der Waals surface area contributed by atoms with Crippen LogP contribution in [0.3, 0.4) is 0 Å². The molecule has 0 bridgehead atoms. The van der Waals surface area contributed by atoms with E-state index in [0.29, 0.717) is 12.5 Å². The number of benzene rings is 1. The number of nitrogens with one attached hydrogen (secondary N) is 1. The highest BCUT2D eigenvalue weighted by atomic mass is 16.6. The maximum absolute atomic E-state index is 11.7. The van der Waals surface area contributed by atoms with E-state index in [2.05, 4.69) is 34.5 Å². The Morgan fingerprint density at radius 1 is 1.15 bits per heavy atom. The zero-order chi connectivity index (χ0) is 18.6. The van der Waals surface area contributed by atoms with Gasteiger partial charge in [-0.05, 0) is 83.2 Å². The van der Waals surface area contributed by atoms with Crippen molar-refractivity contribution < 1.29 is 14.3 Å². The third-order valence-electron chi connectivity index (χ3n) is 4.96. The van der Waals surface area contributed by atoms with Crippen LogP contribution in [0.5, 0.6) is 5.75 Å². The molecule has 1 saturated carbocycles. The van der Waals surface area contributed by atoms with Gasteiger partial charge in [0.2, 0.25) is 0 Å². The molecule has 1 heterocycles. The SMILES string of the molecule is CC(C)(C)OC(=O)NCC1CC(Oc2ccc(CN3CCCC3)cc2)C1. The summed E-state index contributed by atoms with van der Waals surface area (Å²) in [5.74, 6) is 1.42. The molecule has 1 amide bonds. The van der Waals surface area contributed by atoms with Crippen LogP contribution in [0.2, 0.25) is 0 Å². The van der Waals surface area contributed by atoms with Crippen molar-refractivity contribution in [3.05, 3.63) is 29.8 Å². The number of carbonyl (C=O) groups excluding carboxylic acids is 1. The molecule has 3 rings (SSSR count). The molecule has 0 radical (unpaired) electrons. The average Bonchev–Trinajstić information content (AvgIpc) is 3.02. The summed E-state index contributed by atoms with van der Waals surface area (Å²) in [5.41, 5.74) is 0.906. The van der Waals surface area contributed by atoms with Crippen molar-refractivity contribution in [3.63, 3.8) is 0 Å². The van der Waals surface area contributed by atoms with Crippen LogP contribution in [0.1, 0.15) is 52.0 Å². The number of alkyl carbamates (subject to hydrolysis) is 1. The fraction of sp³-hybridized carbons (Fsp3) is 0.667. The van der Waals surface area contributed by atoms with E-state index in [-0.39, 0.29) is 12.2 Å². The topological polar surface area (TPSA) is 50.8 Å². The number of ether oxygens (including phenoxy) is 2. The zero-order valence-corrected chi connectivity index (χ0v) is 16.3. The van der Waals surface area contributed by atoms with Crippen LogP contribution in [-0.4, -0.2) is 42.3 Å². The Morgan fingerprint density at radius 2 is 1.81 bits per heavy atom. The van der Waals surface area contributed by atoms with Crippen LogP contribution >= 0.6 is 0 Å². The van der Waals surface area contributed by atoms with Crippen molar-refractivity contribution in [2.75, 3.05) is 19.6 Å². The average molecular weight is 360 g/mol. The summed E-state index contributed by atoms with van der Waals surface area (Å²) in [7, 11) is 0. The molecule has 26 heavy (non-hydrogen) atoms. The number of likely N-dealkylation sites (tertiary alicyclic amines) is 1. The summed E-state index contributed by atoms with van der Waals surface area (Å²) in [6, 6.07) is 8.51. The summed E-state index contributed by atoms with van der Waals surface area (Å²) < 4.78 is 11.3. The third kappa shape index (κ3) is 5.90. The molecule has 5 heteroatoms. The van der Waals surface area contributed by atoms with E-state index in [4.69, 9.17) is 9.47 Å². The van der Waals surface area contributed by atoms with Gasteiger partial charge in [-0.2, -0.15) is 0 Å². The minimum Gasteiger partial charge on any atom is -0.490 e. The van der Waals surface area contributed by atoms with Crippen molar-refractivity contribution in [1.29, 1.82) is 0 Å². The van der Waals surface area contributed by atoms with Gasteiger partial charge in [-0.15, -0.1) is 0 Å². The van der Waals surface area contributed by atoms with Gasteiger partial charge in [0.15, 0.2) is 0 Å². The summed E-state index contributed by atoms with van der Waals surface area (Å²) >= 11 is 0. The van der Waals surface area contributed by atoms with Gasteiger partial charge < -0.3 is 14.8 Å². The summed E-state index contributed by atoms with van der Waals surface area (Å²) in [5, 5.41) is 2.85. The van der Waals surface area contributed by atoms with Gasteiger partial charge in [-0.1, -0.05) is 12.1 Å². The molecular weight excluding hydrogens is 328 g/mol. The second kappa shape index (κ2) is 8.30. The Kier molecular flexibility index (Phi) is 6.07. The molecular formula is C21H32N2O3. The molecule has 1 saturated heterocycles. The molecule has 2 fully saturated rings. The zero-order valence-electron chi connectivity index (χ0n) is 16.3. The van der Waals surface area contributed by atoms with Crippen LogP contribution in [-0.2, 0) is 11.3 Å². The fourth-order valence-electron chi connectivity index (χ4n) is 3.54. The van der Waals surface area contributed by atoms with Gasteiger partial charge in [-0.3, -0.25) is 4.90 Å². The number of carbonyl (C=O) groups is 1. The molecule has 144 valence electrons. The molecule has 1 aromatic carbocycles. The van der Waals surface area contributed by atoms with E-state index >= 15 is 0 Å². The highest BCUT2D eigenvalue weighted by molar-refractivity contribution is 5.67. The first-order valence-electron chi connectivity index (χ1n) is 9.82. The minimum absolute atomic E-state index is 0.255. The van der Waals surface area contributed by atoms with Crippen molar-refractivity contribution in [2.45, 2.75) is 64.7 Å². The third-order valence-corrected chi connectivity index (χ3v) is 4.96. The largest absolute Gasteiger partial charge is 0.490 e.